The molecule has 0 aliphatic rings. The Morgan fingerprint density at radius 2 is 2.06 bits per heavy atom. The Bertz CT molecular complexity index is 519. The Hall–Kier alpha value is -0.870. The Kier molecular flexibility index (Phi) is 5.82. The molecule has 2 aromatic rings. The van der Waals surface area contributed by atoms with Crippen molar-refractivity contribution in [1.29, 1.82) is 0 Å². The fourth-order valence-corrected chi connectivity index (χ4v) is 2.12. The Balaban J connectivity index is 0.00000162. The van der Waals surface area contributed by atoms with E-state index in [1.807, 2.05) is 30.3 Å². The van der Waals surface area contributed by atoms with Gasteiger partial charge in [0.2, 0.25) is 0 Å². The third-order valence-electron chi connectivity index (χ3n) is 2.78. The van der Waals surface area contributed by atoms with Crippen LogP contribution in [-0.2, 0) is 0 Å². The highest BCUT2D eigenvalue weighted by Gasteiger charge is 2.12. The number of fused-ring (bicyclic) bond motifs is 1. The Labute approximate surface area is 117 Å². The first-order valence-electron chi connectivity index (χ1n) is 5.64. The zero-order valence-electron chi connectivity index (χ0n) is 9.84. The van der Waals surface area contributed by atoms with Crippen molar-refractivity contribution in [2.45, 2.75) is 18.9 Å². The summed E-state index contributed by atoms with van der Waals surface area (Å²) < 4.78 is 0. The van der Waals surface area contributed by atoms with Gasteiger partial charge in [0, 0.05) is 23.6 Å². The molecule has 1 atom stereocenters. The van der Waals surface area contributed by atoms with Gasteiger partial charge in [0.15, 0.2) is 0 Å². The van der Waals surface area contributed by atoms with Crippen LogP contribution in [-0.4, -0.2) is 16.7 Å². The van der Waals surface area contributed by atoms with Crippen LogP contribution in [0.4, 0.5) is 0 Å². The van der Waals surface area contributed by atoms with Crippen LogP contribution >= 0.6 is 24.0 Å². The smallest absolute Gasteiger partial charge is 0.134 e. The van der Waals surface area contributed by atoms with Gasteiger partial charge >= 0.3 is 0 Å². The highest BCUT2D eigenvalue weighted by Crippen LogP contribution is 2.26. The zero-order chi connectivity index (χ0) is 12.3. The topological polar surface area (TPSA) is 59.1 Å². The number of nitrogens with two attached hydrogens (primary N) is 1. The van der Waals surface area contributed by atoms with E-state index >= 15 is 0 Å². The summed E-state index contributed by atoms with van der Waals surface area (Å²) in [4.78, 5) is 4.33. The van der Waals surface area contributed by atoms with Crippen LogP contribution in [0, 0.1) is 0 Å². The molecule has 0 radical (unpaired) electrons. The number of aromatic nitrogens is 1. The highest BCUT2D eigenvalue weighted by atomic mass is 35.5. The van der Waals surface area contributed by atoms with Gasteiger partial charge in [-0.1, -0.05) is 29.8 Å². The average Bonchev–Trinajstić information content (AvgIpc) is 2.35. The molecule has 0 spiro atoms. The van der Waals surface area contributed by atoms with Crippen LogP contribution in [0.5, 0.6) is 0 Å². The molecule has 0 amide bonds. The second kappa shape index (κ2) is 6.90. The molecule has 1 heterocycles. The van der Waals surface area contributed by atoms with Crippen LogP contribution in [0.15, 0.2) is 30.3 Å². The lowest BCUT2D eigenvalue weighted by Crippen LogP contribution is -2.12. The molecule has 0 saturated carbocycles. The Morgan fingerprint density at radius 3 is 2.78 bits per heavy atom. The van der Waals surface area contributed by atoms with E-state index in [0.29, 0.717) is 18.0 Å². The number of aliphatic hydroxyl groups excluding tert-OH is 1. The van der Waals surface area contributed by atoms with E-state index in [4.69, 9.17) is 22.4 Å². The molecule has 98 valence electrons. The van der Waals surface area contributed by atoms with Gasteiger partial charge in [0.1, 0.15) is 5.15 Å². The molecule has 3 N–H and O–H groups in total. The van der Waals surface area contributed by atoms with Gasteiger partial charge in [-0.15, -0.1) is 12.4 Å². The number of nitrogens with zero attached hydrogens (tertiary/aromatic N) is 1. The molecule has 0 saturated heterocycles. The predicted molar refractivity (Wildman–Crippen MR) is 77.2 cm³/mol. The lowest BCUT2D eigenvalue weighted by Gasteiger charge is -2.13. The van der Waals surface area contributed by atoms with E-state index in [-0.39, 0.29) is 25.1 Å². The number of benzene rings is 1. The number of para-hydroxylation sites is 1. The van der Waals surface area contributed by atoms with Gasteiger partial charge in [-0.25, -0.2) is 4.98 Å². The molecule has 2 rings (SSSR count). The van der Waals surface area contributed by atoms with Crippen LogP contribution in [0.25, 0.3) is 10.9 Å². The summed E-state index contributed by atoms with van der Waals surface area (Å²) in [6.07, 6.45) is 1.38. The second-order valence-electron chi connectivity index (χ2n) is 4.03. The number of hydrogen-bond acceptors (Lipinski definition) is 3. The standard InChI is InChI=1S/C13H15ClN2O.ClH/c14-13-10(11(15)5-3-7-17)8-9-4-1-2-6-12(9)16-13;/h1-2,4,6,8,11,17H,3,5,7,15H2;1H/t11-;/m1./s1. The van der Waals surface area contributed by atoms with Crippen molar-refractivity contribution in [1.82, 2.24) is 4.98 Å². The summed E-state index contributed by atoms with van der Waals surface area (Å²) in [6.45, 7) is 0.145. The molecule has 1 aromatic heterocycles. The largest absolute Gasteiger partial charge is 0.396 e. The van der Waals surface area contributed by atoms with Crippen LogP contribution in [0.1, 0.15) is 24.4 Å². The molecule has 0 fully saturated rings. The maximum absolute atomic E-state index is 8.80. The summed E-state index contributed by atoms with van der Waals surface area (Å²) >= 11 is 6.12. The zero-order valence-corrected chi connectivity index (χ0v) is 11.4. The number of pyridine rings is 1. The van der Waals surface area contributed by atoms with Crippen molar-refractivity contribution >= 4 is 34.9 Å². The summed E-state index contributed by atoms with van der Waals surface area (Å²) in [5.41, 5.74) is 7.75. The lowest BCUT2D eigenvalue weighted by molar-refractivity contribution is 0.280. The van der Waals surface area contributed by atoms with Crippen molar-refractivity contribution in [2.75, 3.05) is 6.61 Å². The minimum atomic E-state index is -0.174. The highest BCUT2D eigenvalue weighted by molar-refractivity contribution is 6.30. The maximum Gasteiger partial charge on any atom is 0.134 e. The molecule has 0 unspecified atom stereocenters. The molecular formula is C13H16Cl2N2O. The first kappa shape index (κ1) is 15.2. The number of halogens is 2. The van der Waals surface area contributed by atoms with Crippen molar-refractivity contribution in [3.8, 4) is 0 Å². The number of aliphatic hydroxyl groups is 1. The Morgan fingerprint density at radius 1 is 1.33 bits per heavy atom. The number of hydrogen-bond donors (Lipinski definition) is 2. The van der Waals surface area contributed by atoms with E-state index in [9.17, 15) is 0 Å². The van der Waals surface area contributed by atoms with Gasteiger partial charge in [0.05, 0.1) is 5.52 Å². The fourth-order valence-electron chi connectivity index (χ4n) is 1.84. The van der Waals surface area contributed by atoms with Gasteiger partial charge < -0.3 is 10.8 Å². The molecule has 0 aliphatic heterocycles. The van der Waals surface area contributed by atoms with Gasteiger partial charge in [-0.05, 0) is 25.0 Å². The van der Waals surface area contributed by atoms with Crippen LogP contribution in [0.3, 0.4) is 0 Å². The molecular weight excluding hydrogens is 271 g/mol. The minimum Gasteiger partial charge on any atom is -0.396 e. The quantitative estimate of drug-likeness (QED) is 0.850. The van der Waals surface area contributed by atoms with Gasteiger partial charge in [-0.3, -0.25) is 0 Å². The van der Waals surface area contributed by atoms with Crippen molar-refractivity contribution in [3.63, 3.8) is 0 Å². The van der Waals surface area contributed by atoms with E-state index in [2.05, 4.69) is 4.98 Å². The minimum absolute atomic E-state index is 0. The summed E-state index contributed by atoms with van der Waals surface area (Å²) in [7, 11) is 0. The number of rotatable bonds is 4. The SMILES string of the molecule is Cl.N[C@H](CCCO)c1cc2ccccc2nc1Cl. The third-order valence-corrected chi connectivity index (χ3v) is 3.08. The fraction of sp³-hybridized carbons (Fsp3) is 0.308. The van der Waals surface area contributed by atoms with E-state index in [1.54, 1.807) is 0 Å². The summed E-state index contributed by atoms with van der Waals surface area (Å²) in [5, 5.41) is 10.3. The van der Waals surface area contributed by atoms with Gasteiger partial charge in [0.25, 0.3) is 0 Å². The molecule has 5 heteroatoms. The summed E-state index contributed by atoms with van der Waals surface area (Å²) in [6, 6.07) is 9.60. The second-order valence-corrected chi connectivity index (χ2v) is 4.39. The summed E-state index contributed by atoms with van der Waals surface area (Å²) in [5.74, 6) is 0. The van der Waals surface area contributed by atoms with Crippen molar-refractivity contribution in [3.05, 3.63) is 41.0 Å². The lowest BCUT2D eigenvalue weighted by atomic mass is 10.0. The molecule has 1 aromatic carbocycles. The molecule has 0 bridgehead atoms. The predicted octanol–water partition coefficient (Wildman–Crippen LogP) is 3.08. The molecule has 0 aliphatic carbocycles. The van der Waals surface area contributed by atoms with E-state index < -0.39 is 0 Å². The normalized spacial score (nSPS) is 12.2. The van der Waals surface area contributed by atoms with Gasteiger partial charge in [-0.2, -0.15) is 0 Å². The van der Waals surface area contributed by atoms with Crippen molar-refractivity contribution in [2.24, 2.45) is 5.73 Å². The third kappa shape index (κ3) is 3.33. The average molecular weight is 287 g/mol. The van der Waals surface area contributed by atoms with Crippen LogP contribution in [0.2, 0.25) is 5.15 Å². The first-order chi connectivity index (χ1) is 8.22. The van der Waals surface area contributed by atoms with E-state index in [0.717, 1.165) is 16.5 Å². The monoisotopic (exact) mass is 286 g/mol. The van der Waals surface area contributed by atoms with E-state index in [1.165, 1.54) is 0 Å². The van der Waals surface area contributed by atoms with Crippen LogP contribution < -0.4 is 5.73 Å². The maximum atomic E-state index is 8.80. The molecule has 18 heavy (non-hydrogen) atoms. The molecule has 3 nitrogen and oxygen atoms in total. The van der Waals surface area contributed by atoms with Crippen molar-refractivity contribution < 1.29 is 5.11 Å². The first-order valence-corrected chi connectivity index (χ1v) is 6.02.